The van der Waals surface area contributed by atoms with Gasteiger partial charge in [-0.3, -0.25) is 4.79 Å². The number of hydrogen-bond acceptors (Lipinski definition) is 3. The summed E-state index contributed by atoms with van der Waals surface area (Å²) in [6.45, 7) is 0. The van der Waals surface area contributed by atoms with Crippen LogP contribution in [0, 0.1) is 0 Å². The van der Waals surface area contributed by atoms with E-state index in [4.69, 9.17) is 0 Å². The van der Waals surface area contributed by atoms with Crippen molar-refractivity contribution in [3.8, 4) is 17.1 Å². The molecule has 5 heteroatoms. The Balaban J connectivity index is 2.10. The van der Waals surface area contributed by atoms with Crippen molar-refractivity contribution in [2.24, 2.45) is 0 Å². The fourth-order valence-corrected chi connectivity index (χ4v) is 1.95. The van der Waals surface area contributed by atoms with Crippen molar-refractivity contribution >= 4 is 12.2 Å². The van der Waals surface area contributed by atoms with Crippen LogP contribution in [0.15, 0.2) is 60.8 Å². The summed E-state index contributed by atoms with van der Waals surface area (Å²) in [6, 6.07) is 17.1. The molecule has 20 heavy (non-hydrogen) atoms. The normalized spacial score (nSPS) is 10.2. The second-order valence-corrected chi connectivity index (χ2v) is 4.14. The molecule has 2 aromatic heterocycles. The Hall–Kier alpha value is -2.95. The molecule has 98 valence electrons. The molecule has 0 bridgehead atoms. The van der Waals surface area contributed by atoms with Crippen LogP contribution in [0.25, 0.3) is 17.1 Å². The largest absolute Gasteiger partial charge is 0.313 e. The first kappa shape index (κ1) is 12.1. The van der Waals surface area contributed by atoms with Gasteiger partial charge in [0.1, 0.15) is 5.82 Å². The number of amides is 1. The highest BCUT2D eigenvalue weighted by Crippen LogP contribution is 2.23. The van der Waals surface area contributed by atoms with Crippen molar-refractivity contribution in [1.29, 1.82) is 0 Å². The fraction of sp³-hybridized carbons (Fsp3) is 0. The van der Waals surface area contributed by atoms with Crippen LogP contribution in [0.1, 0.15) is 0 Å². The second kappa shape index (κ2) is 5.36. The molecule has 5 nitrogen and oxygen atoms in total. The molecule has 1 amide bonds. The zero-order chi connectivity index (χ0) is 13.8. The first-order valence-corrected chi connectivity index (χ1v) is 6.15. The lowest BCUT2D eigenvalue weighted by atomic mass is 10.2. The zero-order valence-corrected chi connectivity index (χ0v) is 10.6. The summed E-state index contributed by atoms with van der Waals surface area (Å²) in [5.74, 6) is 1.23. The van der Waals surface area contributed by atoms with Gasteiger partial charge in [-0.05, 0) is 12.1 Å². The second-order valence-electron chi connectivity index (χ2n) is 4.14. The van der Waals surface area contributed by atoms with Gasteiger partial charge in [-0.25, -0.2) is 4.98 Å². The van der Waals surface area contributed by atoms with Gasteiger partial charge in [-0.2, -0.15) is 9.78 Å². The molecule has 3 aromatic rings. The van der Waals surface area contributed by atoms with E-state index >= 15 is 0 Å². The van der Waals surface area contributed by atoms with Gasteiger partial charge >= 0.3 is 0 Å². The number of carbonyl (C=O) groups excluding carboxylic acids is 1. The van der Waals surface area contributed by atoms with Crippen molar-refractivity contribution in [2.45, 2.75) is 0 Å². The van der Waals surface area contributed by atoms with E-state index in [-0.39, 0.29) is 0 Å². The Kier molecular flexibility index (Phi) is 3.24. The molecule has 0 aliphatic heterocycles. The van der Waals surface area contributed by atoms with Crippen molar-refractivity contribution < 1.29 is 4.79 Å². The van der Waals surface area contributed by atoms with E-state index in [2.05, 4.69) is 15.4 Å². The van der Waals surface area contributed by atoms with Gasteiger partial charge in [0, 0.05) is 17.8 Å². The SMILES string of the molecule is O=CNc1cc(-c2ccccc2)nn1-c1ccccn1. The third-order valence-electron chi connectivity index (χ3n) is 2.85. The monoisotopic (exact) mass is 264 g/mol. The van der Waals surface area contributed by atoms with Crippen LogP contribution in [0.5, 0.6) is 0 Å². The summed E-state index contributed by atoms with van der Waals surface area (Å²) >= 11 is 0. The highest BCUT2D eigenvalue weighted by molar-refractivity contribution is 5.73. The summed E-state index contributed by atoms with van der Waals surface area (Å²) < 4.78 is 1.61. The molecule has 1 N–H and O–H groups in total. The number of anilines is 1. The molecule has 0 aliphatic rings. The highest BCUT2D eigenvalue weighted by Gasteiger charge is 2.11. The fourth-order valence-electron chi connectivity index (χ4n) is 1.95. The van der Waals surface area contributed by atoms with Gasteiger partial charge in [0.05, 0.1) is 5.69 Å². The Morgan fingerprint density at radius 1 is 1.05 bits per heavy atom. The molecular weight excluding hydrogens is 252 g/mol. The molecule has 3 rings (SSSR count). The molecule has 0 atom stereocenters. The number of hydrogen-bond donors (Lipinski definition) is 1. The summed E-state index contributed by atoms with van der Waals surface area (Å²) in [5.41, 5.74) is 1.76. The molecule has 0 fully saturated rings. The van der Waals surface area contributed by atoms with Crippen molar-refractivity contribution in [2.75, 3.05) is 5.32 Å². The van der Waals surface area contributed by atoms with Gasteiger partial charge in [0.2, 0.25) is 6.41 Å². The molecule has 0 spiro atoms. The van der Waals surface area contributed by atoms with Crippen LogP contribution in [-0.4, -0.2) is 21.2 Å². The van der Waals surface area contributed by atoms with E-state index < -0.39 is 0 Å². The van der Waals surface area contributed by atoms with Crippen molar-refractivity contribution in [1.82, 2.24) is 14.8 Å². The predicted octanol–water partition coefficient (Wildman–Crippen LogP) is 2.50. The van der Waals surface area contributed by atoms with E-state index in [9.17, 15) is 4.79 Å². The predicted molar refractivity (Wildman–Crippen MR) is 76.5 cm³/mol. The average Bonchev–Trinajstić information content (AvgIpc) is 2.94. The summed E-state index contributed by atoms with van der Waals surface area (Å²) in [5, 5.41) is 7.15. The first-order chi connectivity index (χ1) is 9.88. The lowest BCUT2D eigenvalue weighted by Gasteiger charge is -2.03. The summed E-state index contributed by atoms with van der Waals surface area (Å²) in [7, 11) is 0. The third kappa shape index (κ3) is 2.29. The van der Waals surface area contributed by atoms with Gasteiger partial charge in [0.15, 0.2) is 5.82 Å². The maximum absolute atomic E-state index is 10.7. The van der Waals surface area contributed by atoms with Crippen molar-refractivity contribution in [3.63, 3.8) is 0 Å². The summed E-state index contributed by atoms with van der Waals surface area (Å²) in [4.78, 5) is 15.0. The molecular formula is C15H12N4O. The van der Waals surface area contributed by atoms with E-state index in [0.717, 1.165) is 11.3 Å². The van der Waals surface area contributed by atoms with Crippen LogP contribution >= 0.6 is 0 Å². The number of nitrogens with zero attached hydrogens (tertiary/aromatic N) is 3. The molecule has 0 unspecified atom stereocenters. The van der Waals surface area contributed by atoms with Crippen LogP contribution in [-0.2, 0) is 4.79 Å². The van der Waals surface area contributed by atoms with Gasteiger partial charge in [-0.15, -0.1) is 0 Å². The Labute approximate surface area is 115 Å². The standard InChI is InChI=1S/C15H12N4O/c20-11-17-15-10-13(12-6-2-1-3-7-12)18-19(15)14-8-4-5-9-16-14/h1-11H,(H,17,20). The molecule has 0 saturated carbocycles. The zero-order valence-electron chi connectivity index (χ0n) is 10.6. The number of carbonyl (C=O) groups is 1. The van der Waals surface area contributed by atoms with Gasteiger partial charge in [-0.1, -0.05) is 36.4 Å². The molecule has 0 saturated heterocycles. The van der Waals surface area contributed by atoms with E-state index in [0.29, 0.717) is 18.0 Å². The summed E-state index contributed by atoms with van der Waals surface area (Å²) in [6.07, 6.45) is 2.31. The van der Waals surface area contributed by atoms with E-state index in [1.165, 1.54) is 0 Å². The van der Waals surface area contributed by atoms with E-state index in [1.54, 1.807) is 10.9 Å². The van der Waals surface area contributed by atoms with Gasteiger partial charge in [0.25, 0.3) is 0 Å². The van der Waals surface area contributed by atoms with Gasteiger partial charge < -0.3 is 5.32 Å². The lowest BCUT2D eigenvalue weighted by molar-refractivity contribution is -0.105. The molecule has 0 aliphatic carbocycles. The molecule has 0 radical (unpaired) electrons. The minimum atomic E-state index is 0.581. The average molecular weight is 264 g/mol. The van der Waals surface area contributed by atoms with Crippen molar-refractivity contribution in [3.05, 3.63) is 60.8 Å². The van der Waals surface area contributed by atoms with Crippen LogP contribution in [0.3, 0.4) is 0 Å². The van der Waals surface area contributed by atoms with Crippen LogP contribution < -0.4 is 5.32 Å². The third-order valence-corrected chi connectivity index (χ3v) is 2.85. The number of nitrogens with one attached hydrogen (secondary N) is 1. The van der Waals surface area contributed by atoms with Crippen LogP contribution in [0.2, 0.25) is 0 Å². The number of pyridine rings is 1. The number of aromatic nitrogens is 3. The Bertz CT molecular complexity index is 707. The number of benzene rings is 1. The Morgan fingerprint density at radius 2 is 1.85 bits per heavy atom. The maximum Gasteiger partial charge on any atom is 0.212 e. The minimum absolute atomic E-state index is 0.581. The molecule has 1 aromatic carbocycles. The quantitative estimate of drug-likeness (QED) is 0.736. The molecule has 2 heterocycles. The topological polar surface area (TPSA) is 59.8 Å². The number of rotatable bonds is 4. The highest BCUT2D eigenvalue weighted by atomic mass is 16.1. The van der Waals surface area contributed by atoms with E-state index in [1.807, 2.05) is 54.6 Å². The first-order valence-electron chi connectivity index (χ1n) is 6.15. The Morgan fingerprint density at radius 3 is 2.55 bits per heavy atom. The lowest BCUT2D eigenvalue weighted by Crippen LogP contribution is -2.05. The maximum atomic E-state index is 10.7. The smallest absolute Gasteiger partial charge is 0.212 e. The van der Waals surface area contributed by atoms with Crippen LogP contribution in [0.4, 0.5) is 5.82 Å². The minimum Gasteiger partial charge on any atom is -0.313 e.